The average Bonchev–Trinajstić information content (AvgIpc) is 2.86. The lowest BCUT2D eigenvalue weighted by molar-refractivity contribution is 0.269. The van der Waals surface area contributed by atoms with Crippen molar-refractivity contribution in [3.05, 3.63) is 0 Å². The molecule has 0 N–H and O–H groups in total. The van der Waals surface area contributed by atoms with Gasteiger partial charge >= 0.3 is 0 Å². The summed E-state index contributed by atoms with van der Waals surface area (Å²) in [5.74, 6) is 0. The minimum absolute atomic E-state index is 1.19. The zero-order valence-electron chi connectivity index (χ0n) is 14.2. The van der Waals surface area contributed by atoms with E-state index in [0.29, 0.717) is 0 Å². The maximum absolute atomic E-state index is 2.59. The van der Waals surface area contributed by atoms with Crippen LogP contribution in [0.1, 0.15) is 84.0 Å². The van der Waals surface area contributed by atoms with E-state index in [9.17, 15) is 0 Å². The Balaban J connectivity index is 1.70. The van der Waals surface area contributed by atoms with E-state index in [2.05, 4.69) is 23.8 Å². The van der Waals surface area contributed by atoms with Gasteiger partial charge in [-0.3, -0.25) is 9.80 Å². The Morgan fingerprint density at radius 2 is 1.15 bits per heavy atom. The summed E-state index contributed by atoms with van der Waals surface area (Å²) in [5.41, 5.74) is 0. The number of rotatable bonds is 13. The molecule has 0 spiro atoms. The monoisotopic (exact) mass is 282 g/mol. The van der Waals surface area contributed by atoms with Gasteiger partial charge < -0.3 is 0 Å². The molecule has 0 aromatic rings. The van der Waals surface area contributed by atoms with Crippen molar-refractivity contribution in [2.24, 2.45) is 0 Å². The molecule has 0 radical (unpaired) electrons. The Kier molecular flexibility index (Phi) is 11.4. The number of nitrogens with zero attached hydrogens (tertiary/aromatic N) is 2. The number of hydrogen-bond acceptors (Lipinski definition) is 2. The van der Waals surface area contributed by atoms with Crippen molar-refractivity contribution in [3.63, 3.8) is 0 Å². The molecule has 1 rings (SSSR count). The molecular weight excluding hydrogens is 244 g/mol. The highest BCUT2D eigenvalue weighted by atomic mass is 15.4. The van der Waals surface area contributed by atoms with Crippen LogP contribution in [0.25, 0.3) is 0 Å². The molecule has 0 unspecified atom stereocenters. The zero-order valence-corrected chi connectivity index (χ0v) is 14.2. The maximum atomic E-state index is 2.59. The van der Waals surface area contributed by atoms with E-state index in [0.717, 1.165) is 0 Å². The van der Waals surface area contributed by atoms with Crippen LogP contribution < -0.4 is 0 Å². The summed E-state index contributed by atoms with van der Waals surface area (Å²) >= 11 is 0. The Labute approximate surface area is 127 Å². The third-order valence-corrected chi connectivity index (χ3v) is 4.57. The summed E-state index contributed by atoms with van der Waals surface area (Å²) in [6.45, 7) is 7.36. The SMILES string of the molecule is CCCCCCCCCCCCCCN1CCN(C)C1. The van der Waals surface area contributed by atoms with E-state index < -0.39 is 0 Å². The maximum Gasteiger partial charge on any atom is 0.0504 e. The highest BCUT2D eigenvalue weighted by molar-refractivity contribution is 4.67. The first-order valence-corrected chi connectivity index (χ1v) is 9.24. The molecular formula is C18H38N2. The Hall–Kier alpha value is -0.0800. The summed E-state index contributed by atoms with van der Waals surface area (Å²) < 4.78 is 0. The molecule has 0 aromatic carbocycles. The topological polar surface area (TPSA) is 6.48 Å². The van der Waals surface area contributed by atoms with Crippen molar-refractivity contribution in [2.45, 2.75) is 84.0 Å². The van der Waals surface area contributed by atoms with Gasteiger partial charge in [-0.05, 0) is 20.0 Å². The molecule has 20 heavy (non-hydrogen) atoms. The molecule has 1 aliphatic heterocycles. The first kappa shape index (κ1) is 18.0. The third kappa shape index (κ3) is 9.77. The van der Waals surface area contributed by atoms with Crippen LogP contribution in [0.15, 0.2) is 0 Å². The first-order valence-electron chi connectivity index (χ1n) is 9.24. The summed E-state index contributed by atoms with van der Waals surface area (Å²) in [4.78, 5) is 5.01. The second-order valence-electron chi connectivity index (χ2n) is 6.73. The molecule has 0 aliphatic carbocycles. The number of unbranched alkanes of at least 4 members (excludes halogenated alkanes) is 11. The van der Waals surface area contributed by atoms with E-state index in [-0.39, 0.29) is 0 Å². The molecule has 0 aromatic heterocycles. The molecule has 1 saturated heterocycles. The summed E-state index contributed by atoms with van der Waals surface area (Å²) in [6.07, 6.45) is 17.4. The van der Waals surface area contributed by atoms with Crippen LogP contribution in [0.4, 0.5) is 0 Å². The van der Waals surface area contributed by atoms with Crippen LogP contribution in [0, 0.1) is 0 Å². The summed E-state index contributed by atoms with van der Waals surface area (Å²) in [5, 5.41) is 0. The van der Waals surface area contributed by atoms with E-state index in [1.807, 2.05) is 0 Å². The van der Waals surface area contributed by atoms with Gasteiger partial charge in [0.15, 0.2) is 0 Å². The zero-order chi connectivity index (χ0) is 14.5. The molecule has 0 bridgehead atoms. The van der Waals surface area contributed by atoms with Crippen molar-refractivity contribution in [1.29, 1.82) is 0 Å². The second kappa shape index (κ2) is 12.6. The molecule has 0 amide bonds. The Bertz CT molecular complexity index is 206. The minimum Gasteiger partial charge on any atom is -0.292 e. The van der Waals surface area contributed by atoms with Gasteiger partial charge in [0.1, 0.15) is 0 Å². The lowest BCUT2D eigenvalue weighted by Gasteiger charge is -2.14. The predicted octanol–water partition coefficient (Wildman–Crippen LogP) is 4.89. The fourth-order valence-corrected chi connectivity index (χ4v) is 3.15. The van der Waals surface area contributed by atoms with Crippen molar-refractivity contribution < 1.29 is 0 Å². The quantitative estimate of drug-likeness (QED) is 0.444. The summed E-state index contributed by atoms with van der Waals surface area (Å²) in [7, 11) is 2.22. The van der Waals surface area contributed by atoms with Crippen molar-refractivity contribution in [3.8, 4) is 0 Å². The standard InChI is InChI=1S/C18H38N2/c1-3-4-5-6-7-8-9-10-11-12-13-14-15-20-17-16-19(2)18-20/h3-18H2,1-2H3. The minimum atomic E-state index is 1.19. The van der Waals surface area contributed by atoms with Gasteiger partial charge in [-0.25, -0.2) is 0 Å². The van der Waals surface area contributed by atoms with Crippen LogP contribution in [0.2, 0.25) is 0 Å². The largest absolute Gasteiger partial charge is 0.292 e. The number of hydrogen-bond donors (Lipinski definition) is 0. The molecule has 120 valence electrons. The Morgan fingerprint density at radius 3 is 1.60 bits per heavy atom. The normalized spacial score (nSPS) is 17.1. The highest BCUT2D eigenvalue weighted by Gasteiger charge is 2.14. The summed E-state index contributed by atoms with van der Waals surface area (Å²) in [6, 6.07) is 0. The lowest BCUT2D eigenvalue weighted by Crippen LogP contribution is -2.24. The van der Waals surface area contributed by atoms with Gasteiger partial charge in [-0.2, -0.15) is 0 Å². The Morgan fingerprint density at radius 1 is 0.650 bits per heavy atom. The fourth-order valence-electron chi connectivity index (χ4n) is 3.15. The van der Waals surface area contributed by atoms with Crippen molar-refractivity contribution in [2.75, 3.05) is 33.4 Å². The molecule has 0 atom stereocenters. The number of likely N-dealkylation sites (N-methyl/N-ethyl adjacent to an activating group) is 1. The molecule has 2 nitrogen and oxygen atoms in total. The van der Waals surface area contributed by atoms with E-state index in [1.165, 1.54) is 103 Å². The van der Waals surface area contributed by atoms with Gasteiger partial charge in [-0.1, -0.05) is 77.6 Å². The van der Waals surface area contributed by atoms with Crippen molar-refractivity contribution in [1.82, 2.24) is 9.80 Å². The molecule has 1 fully saturated rings. The van der Waals surface area contributed by atoms with Gasteiger partial charge in [0.25, 0.3) is 0 Å². The van der Waals surface area contributed by atoms with Crippen LogP contribution in [0.5, 0.6) is 0 Å². The smallest absolute Gasteiger partial charge is 0.0504 e. The van der Waals surface area contributed by atoms with E-state index in [4.69, 9.17) is 0 Å². The van der Waals surface area contributed by atoms with Crippen molar-refractivity contribution >= 4 is 0 Å². The lowest BCUT2D eigenvalue weighted by atomic mass is 10.1. The van der Waals surface area contributed by atoms with E-state index in [1.54, 1.807) is 0 Å². The van der Waals surface area contributed by atoms with Crippen LogP contribution in [-0.4, -0.2) is 43.2 Å². The van der Waals surface area contributed by atoms with Gasteiger partial charge in [0.2, 0.25) is 0 Å². The van der Waals surface area contributed by atoms with Gasteiger partial charge in [-0.15, -0.1) is 0 Å². The third-order valence-electron chi connectivity index (χ3n) is 4.57. The van der Waals surface area contributed by atoms with E-state index >= 15 is 0 Å². The van der Waals surface area contributed by atoms with Crippen LogP contribution in [-0.2, 0) is 0 Å². The molecule has 1 aliphatic rings. The first-order chi connectivity index (χ1) is 9.83. The fraction of sp³-hybridized carbons (Fsp3) is 1.00. The highest BCUT2D eigenvalue weighted by Crippen LogP contribution is 2.12. The molecule has 0 saturated carbocycles. The van der Waals surface area contributed by atoms with Crippen LogP contribution >= 0.6 is 0 Å². The molecule has 2 heteroatoms. The van der Waals surface area contributed by atoms with Crippen LogP contribution in [0.3, 0.4) is 0 Å². The van der Waals surface area contributed by atoms with Gasteiger partial charge in [0, 0.05) is 13.1 Å². The second-order valence-corrected chi connectivity index (χ2v) is 6.73. The van der Waals surface area contributed by atoms with Gasteiger partial charge in [0.05, 0.1) is 6.67 Å². The predicted molar refractivity (Wildman–Crippen MR) is 90.1 cm³/mol. The average molecular weight is 283 g/mol. The molecule has 1 heterocycles.